The molecule has 0 aliphatic rings. The van der Waals surface area contributed by atoms with E-state index in [1.54, 1.807) is 11.8 Å². The Bertz CT molecular complexity index is 556. The summed E-state index contributed by atoms with van der Waals surface area (Å²) in [4.78, 5) is 10.6. The van der Waals surface area contributed by atoms with Crippen LogP contribution in [0.5, 0.6) is 0 Å². The summed E-state index contributed by atoms with van der Waals surface area (Å²) < 4.78 is 0. The molecule has 1 atom stereocenters. The molecule has 0 amide bonds. The first-order valence-corrected chi connectivity index (χ1v) is 6.86. The highest BCUT2D eigenvalue weighted by atomic mass is 32.2. The third kappa shape index (κ3) is 3.24. The van der Waals surface area contributed by atoms with E-state index in [2.05, 4.69) is 30.3 Å². The van der Waals surface area contributed by atoms with Crippen molar-refractivity contribution < 1.29 is 9.90 Å². The molecule has 1 unspecified atom stereocenters. The van der Waals surface area contributed by atoms with Crippen molar-refractivity contribution in [1.82, 2.24) is 0 Å². The van der Waals surface area contributed by atoms with E-state index in [9.17, 15) is 4.79 Å². The smallest absolute Gasteiger partial charge is 0.321 e. The third-order valence-electron chi connectivity index (χ3n) is 2.70. The van der Waals surface area contributed by atoms with Crippen LogP contribution < -0.4 is 5.73 Å². The summed E-state index contributed by atoms with van der Waals surface area (Å²) in [6, 6.07) is 13.7. The van der Waals surface area contributed by atoms with E-state index in [0.29, 0.717) is 5.75 Å². The number of fused-ring (bicyclic) bond motifs is 1. The molecule has 2 aromatic rings. The van der Waals surface area contributed by atoms with Gasteiger partial charge in [-0.3, -0.25) is 4.79 Å². The molecule has 0 aliphatic carbocycles. The summed E-state index contributed by atoms with van der Waals surface area (Å²) in [5.74, 6) is 0.273. The summed E-state index contributed by atoms with van der Waals surface area (Å²) in [6.45, 7) is 0. The minimum Gasteiger partial charge on any atom is -0.480 e. The van der Waals surface area contributed by atoms with E-state index >= 15 is 0 Å². The van der Waals surface area contributed by atoms with E-state index in [1.807, 2.05) is 12.1 Å². The predicted octanol–water partition coefficient (Wildman–Crippen LogP) is 2.48. The standard InChI is InChI=1S/C14H15NO2S/c15-13(14(16)17)9-18-8-10-5-6-11-3-1-2-4-12(11)7-10/h1-7,13H,8-9,15H2,(H,16,17). The predicted molar refractivity (Wildman–Crippen MR) is 75.7 cm³/mol. The highest BCUT2D eigenvalue weighted by Gasteiger charge is 2.10. The molecule has 94 valence electrons. The lowest BCUT2D eigenvalue weighted by molar-refractivity contribution is -0.137. The third-order valence-corrected chi connectivity index (χ3v) is 3.83. The Kier molecular flexibility index (Phi) is 4.23. The molecule has 0 aromatic heterocycles. The topological polar surface area (TPSA) is 63.3 Å². The molecule has 0 heterocycles. The molecule has 0 bridgehead atoms. The first kappa shape index (κ1) is 12.9. The molecule has 0 saturated heterocycles. The lowest BCUT2D eigenvalue weighted by atomic mass is 10.1. The van der Waals surface area contributed by atoms with E-state index in [0.717, 1.165) is 5.75 Å². The first-order chi connectivity index (χ1) is 8.66. The van der Waals surface area contributed by atoms with Gasteiger partial charge >= 0.3 is 5.97 Å². The Morgan fingerprint density at radius 2 is 1.94 bits per heavy atom. The van der Waals surface area contributed by atoms with Gasteiger partial charge in [0.25, 0.3) is 0 Å². The molecule has 18 heavy (non-hydrogen) atoms. The van der Waals surface area contributed by atoms with E-state index in [4.69, 9.17) is 10.8 Å². The number of nitrogens with two attached hydrogens (primary N) is 1. The van der Waals surface area contributed by atoms with Crippen molar-refractivity contribution in [3.05, 3.63) is 48.0 Å². The average molecular weight is 261 g/mol. The number of rotatable bonds is 5. The number of hydrogen-bond donors (Lipinski definition) is 2. The van der Waals surface area contributed by atoms with Crippen LogP contribution in [-0.4, -0.2) is 22.9 Å². The van der Waals surface area contributed by atoms with Gasteiger partial charge in [-0.2, -0.15) is 11.8 Å². The molecule has 4 heteroatoms. The van der Waals surface area contributed by atoms with Crippen molar-refractivity contribution in [2.75, 3.05) is 5.75 Å². The Balaban J connectivity index is 1.98. The van der Waals surface area contributed by atoms with Crippen molar-refractivity contribution in [2.45, 2.75) is 11.8 Å². The summed E-state index contributed by atoms with van der Waals surface area (Å²) in [6.07, 6.45) is 0. The Labute approximate surface area is 110 Å². The maximum absolute atomic E-state index is 10.6. The lowest BCUT2D eigenvalue weighted by Crippen LogP contribution is -2.32. The molecular weight excluding hydrogens is 246 g/mol. The van der Waals surface area contributed by atoms with Gasteiger partial charge in [0.2, 0.25) is 0 Å². The fourth-order valence-corrected chi connectivity index (χ4v) is 2.63. The second kappa shape index (κ2) is 5.89. The lowest BCUT2D eigenvalue weighted by Gasteiger charge is -2.06. The number of benzene rings is 2. The maximum atomic E-state index is 10.6. The summed E-state index contributed by atoms with van der Waals surface area (Å²) in [5.41, 5.74) is 6.64. The number of carboxylic acid groups (broad SMARTS) is 1. The molecule has 0 radical (unpaired) electrons. The van der Waals surface area contributed by atoms with Gasteiger partial charge in [-0.05, 0) is 16.3 Å². The average Bonchev–Trinajstić information content (AvgIpc) is 2.38. The quantitative estimate of drug-likeness (QED) is 0.868. The summed E-state index contributed by atoms with van der Waals surface area (Å²) >= 11 is 1.55. The van der Waals surface area contributed by atoms with Crippen LogP contribution in [0, 0.1) is 0 Å². The summed E-state index contributed by atoms with van der Waals surface area (Å²) in [7, 11) is 0. The molecule has 3 N–H and O–H groups in total. The zero-order chi connectivity index (χ0) is 13.0. The van der Waals surface area contributed by atoms with Crippen LogP contribution >= 0.6 is 11.8 Å². The SMILES string of the molecule is NC(CSCc1ccc2ccccc2c1)C(=O)O. The number of aliphatic carboxylic acids is 1. The molecule has 0 aliphatic heterocycles. The Hall–Kier alpha value is -1.52. The second-order valence-corrected chi connectivity index (χ2v) is 5.17. The van der Waals surface area contributed by atoms with Gasteiger partial charge in [0.05, 0.1) is 0 Å². The second-order valence-electron chi connectivity index (χ2n) is 4.14. The van der Waals surface area contributed by atoms with Crippen LogP contribution in [0.1, 0.15) is 5.56 Å². The minimum atomic E-state index is -0.944. The van der Waals surface area contributed by atoms with Gasteiger partial charge in [0.1, 0.15) is 6.04 Å². The molecular formula is C14H15NO2S. The summed E-state index contributed by atoms with van der Waals surface area (Å²) in [5, 5.41) is 11.1. The highest BCUT2D eigenvalue weighted by molar-refractivity contribution is 7.98. The molecule has 3 nitrogen and oxygen atoms in total. The van der Waals surface area contributed by atoms with Gasteiger partial charge in [0, 0.05) is 11.5 Å². The largest absolute Gasteiger partial charge is 0.480 e. The molecule has 0 fully saturated rings. The van der Waals surface area contributed by atoms with Gasteiger partial charge in [-0.15, -0.1) is 0 Å². The molecule has 2 rings (SSSR count). The fourth-order valence-electron chi connectivity index (χ4n) is 1.70. The van der Waals surface area contributed by atoms with E-state index in [1.165, 1.54) is 16.3 Å². The van der Waals surface area contributed by atoms with Gasteiger partial charge in [-0.1, -0.05) is 42.5 Å². The van der Waals surface area contributed by atoms with Crippen LogP contribution in [0.25, 0.3) is 10.8 Å². The Morgan fingerprint density at radius 3 is 2.67 bits per heavy atom. The van der Waals surface area contributed by atoms with Crippen molar-refractivity contribution in [3.8, 4) is 0 Å². The van der Waals surface area contributed by atoms with Crippen LogP contribution in [-0.2, 0) is 10.5 Å². The number of hydrogen-bond acceptors (Lipinski definition) is 3. The van der Waals surface area contributed by atoms with Crippen molar-refractivity contribution >= 4 is 28.5 Å². The van der Waals surface area contributed by atoms with Gasteiger partial charge in [-0.25, -0.2) is 0 Å². The first-order valence-electron chi connectivity index (χ1n) is 5.70. The van der Waals surface area contributed by atoms with Crippen molar-refractivity contribution in [2.24, 2.45) is 5.73 Å². The zero-order valence-corrected chi connectivity index (χ0v) is 10.7. The van der Waals surface area contributed by atoms with Crippen molar-refractivity contribution in [1.29, 1.82) is 0 Å². The normalized spacial score (nSPS) is 12.5. The van der Waals surface area contributed by atoms with Gasteiger partial charge in [0.15, 0.2) is 0 Å². The highest BCUT2D eigenvalue weighted by Crippen LogP contribution is 2.19. The number of carboxylic acids is 1. The van der Waals surface area contributed by atoms with E-state index < -0.39 is 12.0 Å². The van der Waals surface area contributed by atoms with Crippen LogP contribution in [0.3, 0.4) is 0 Å². The fraction of sp³-hybridized carbons (Fsp3) is 0.214. The van der Waals surface area contributed by atoms with Gasteiger partial charge < -0.3 is 10.8 Å². The zero-order valence-electron chi connectivity index (χ0n) is 9.87. The van der Waals surface area contributed by atoms with Crippen LogP contribution in [0.15, 0.2) is 42.5 Å². The number of carbonyl (C=O) groups is 1. The van der Waals surface area contributed by atoms with Crippen LogP contribution in [0.4, 0.5) is 0 Å². The maximum Gasteiger partial charge on any atom is 0.321 e. The molecule has 0 spiro atoms. The monoisotopic (exact) mass is 261 g/mol. The van der Waals surface area contributed by atoms with Crippen LogP contribution in [0.2, 0.25) is 0 Å². The number of thioether (sulfide) groups is 1. The van der Waals surface area contributed by atoms with Crippen molar-refractivity contribution in [3.63, 3.8) is 0 Å². The van der Waals surface area contributed by atoms with E-state index in [-0.39, 0.29) is 0 Å². The minimum absolute atomic E-state index is 0.433. The molecule has 0 saturated carbocycles. The molecule has 2 aromatic carbocycles. The Morgan fingerprint density at radius 1 is 1.22 bits per heavy atom.